The van der Waals surface area contributed by atoms with Crippen LogP contribution in [-0.2, 0) is 27.9 Å². The van der Waals surface area contributed by atoms with Gasteiger partial charge in [-0.05, 0) is 38.5 Å². The highest BCUT2D eigenvalue weighted by Gasteiger charge is 2.26. The summed E-state index contributed by atoms with van der Waals surface area (Å²) in [5.41, 5.74) is 0. The predicted molar refractivity (Wildman–Crippen MR) is 266 cm³/mol. The topological polar surface area (TPSA) is 91.3 Å². The summed E-state index contributed by atoms with van der Waals surface area (Å²) in [7, 11) is 1.68. The molecule has 8 nitrogen and oxygen atoms in total. The van der Waals surface area contributed by atoms with Crippen molar-refractivity contribution >= 4 is 13.8 Å². The summed E-state index contributed by atoms with van der Waals surface area (Å²) < 4.78 is 35.2. The molecule has 2 atom stereocenters. The second-order valence-corrected chi connectivity index (χ2v) is 21.1. The van der Waals surface area contributed by atoms with Crippen LogP contribution in [0.25, 0.3) is 0 Å². The third kappa shape index (κ3) is 50.2. The molecule has 370 valence electrons. The number of phosphoric acid groups is 1. The number of esters is 1. The quantitative estimate of drug-likeness (QED) is 0.0214. The first-order valence-electron chi connectivity index (χ1n) is 26.9. The van der Waals surface area contributed by atoms with E-state index in [-0.39, 0.29) is 25.8 Å². The Kier molecular flexibility index (Phi) is 46.2. The Labute approximate surface area is 386 Å². The average Bonchev–Trinajstić information content (AvgIpc) is 3.23. The fraction of sp³-hybridized carbons (Fsp3) is 0.943. The highest BCUT2D eigenvalue weighted by Crippen LogP contribution is 2.43. The van der Waals surface area contributed by atoms with E-state index in [1.165, 1.54) is 205 Å². The number of ether oxygens (including phenoxy) is 2. The largest absolute Gasteiger partial charge is 0.472 e. The zero-order valence-electron chi connectivity index (χ0n) is 42.1. The molecular formula is C53H107NO7P+. The molecule has 0 saturated heterocycles. The smallest absolute Gasteiger partial charge is 0.457 e. The predicted octanol–water partition coefficient (Wildman–Crippen LogP) is 16.6. The molecule has 0 amide bonds. The van der Waals surface area contributed by atoms with Gasteiger partial charge in [0.05, 0.1) is 34.4 Å². The number of hydrogen-bond acceptors (Lipinski definition) is 6. The molecule has 0 aromatic carbocycles. The summed E-state index contributed by atoms with van der Waals surface area (Å²) in [6.07, 6.45) is 54.2. The van der Waals surface area contributed by atoms with E-state index in [9.17, 15) is 14.3 Å². The van der Waals surface area contributed by atoms with Gasteiger partial charge in [-0.2, -0.15) is 0 Å². The number of rotatable bonds is 51. The molecule has 0 spiro atoms. The number of nitrogens with zero attached hydrogens (tertiary/aromatic N) is 1. The summed E-state index contributed by atoms with van der Waals surface area (Å²) in [4.78, 5) is 23.0. The molecule has 0 heterocycles. The Balaban J connectivity index is 3.99. The number of allylic oxidation sites excluding steroid dienone is 2. The number of likely N-dealkylation sites (N-methyl/N-ethyl adjacent to an activating group) is 1. The third-order valence-corrected chi connectivity index (χ3v) is 13.1. The van der Waals surface area contributed by atoms with Crippen molar-refractivity contribution in [1.82, 2.24) is 0 Å². The molecule has 0 aliphatic heterocycles. The minimum Gasteiger partial charge on any atom is -0.457 e. The van der Waals surface area contributed by atoms with Crippen LogP contribution in [0.2, 0.25) is 0 Å². The summed E-state index contributed by atoms with van der Waals surface area (Å²) in [5, 5.41) is 0. The minimum atomic E-state index is -4.28. The van der Waals surface area contributed by atoms with E-state index in [0.717, 1.165) is 38.5 Å². The average molecular weight is 901 g/mol. The highest BCUT2D eigenvalue weighted by molar-refractivity contribution is 7.47. The first-order chi connectivity index (χ1) is 30.1. The van der Waals surface area contributed by atoms with Crippen molar-refractivity contribution in [3.8, 4) is 0 Å². The van der Waals surface area contributed by atoms with Crippen molar-refractivity contribution in [3.63, 3.8) is 0 Å². The molecule has 0 radical (unpaired) electrons. The van der Waals surface area contributed by atoms with Crippen molar-refractivity contribution in [2.45, 2.75) is 270 Å². The van der Waals surface area contributed by atoms with Gasteiger partial charge in [0.15, 0.2) is 0 Å². The molecule has 0 bridgehead atoms. The lowest BCUT2D eigenvalue weighted by Gasteiger charge is -2.24. The summed E-state index contributed by atoms with van der Waals surface area (Å²) in [5.74, 6) is -0.317. The molecule has 9 heteroatoms. The summed E-state index contributed by atoms with van der Waals surface area (Å²) in [6.45, 7) is 5.66. The number of quaternary nitrogens is 1. The van der Waals surface area contributed by atoms with Crippen molar-refractivity contribution in [2.75, 3.05) is 54.1 Å². The monoisotopic (exact) mass is 901 g/mol. The fourth-order valence-corrected chi connectivity index (χ4v) is 8.65. The molecule has 0 saturated carbocycles. The molecule has 0 aromatic heterocycles. The number of unbranched alkanes of at least 4 members (excludes halogenated alkanes) is 35. The van der Waals surface area contributed by atoms with Crippen molar-refractivity contribution in [1.29, 1.82) is 0 Å². The molecule has 0 aliphatic carbocycles. The van der Waals surface area contributed by atoms with Crippen molar-refractivity contribution < 1.29 is 37.3 Å². The molecule has 0 aromatic rings. The second-order valence-electron chi connectivity index (χ2n) is 19.6. The Bertz CT molecular complexity index is 1000. The van der Waals surface area contributed by atoms with Crippen molar-refractivity contribution in [3.05, 3.63) is 12.2 Å². The Morgan fingerprint density at radius 3 is 1.23 bits per heavy atom. The maximum absolute atomic E-state index is 12.7. The van der Waals surface area contributed by atoms with E-state index in [2.05, 4.69) is 26.0 Å². The van der Waals surface area contributed by atoms with Gasteiger partial charge in [0.1, 0.15) is 19.3 Å². The second kappa shape index (κ2) is 46.8. The zero-order chi connectivity index (χ0) is 45.5. The lowest BCUT2D eigenvalue weighted by molar-refractivity contribution is -0.870. The van der Waals surface area contributed by atoms with Crippen LogP contribution in [0.3, 0.4) is 0 Å². The number of phosphoric ester groups is 1. The molecule has 62 heavy (non-hydrogen) atoms. The third-order valence-electron chi connectivity index (χ3n) is 12.1. The van der Waals surface area contributed by atoms with Gasteiger partial charge >= 0.3 is 13.8 Å². The highest BCUT2D eigenvalue weighted by atomic mass is 31.2. The lowest BCUT2D eigenvalue weighted by Crippen LogP contribution is -2.37. The molecule has 0 aliphatic rings. The Morgan fingerprint density at radius 2 is 0.839 bits per heavy atom. The van der Waals surface area contributed by atoms with Crippen LogP contribution in [0.15, 0.2) is 12.2 Å². The Morgan fingerprint density at radius 1 is 0.484 bits per heavy atom. The first kappa shape index (κ1) is 61.2. The standard InChI is InChI=1S/C53H106NO7P/c1-6-8-10-12-14-16-18-20-22-23-24-25-26-27-28-29-30-31-32-33-35-37-39-41-43-45-48-58-50-52(51-60-62(56,57)59-49-47-54(3,4)5)61-53(55)46-44-42-40-38-36-34-21-19-17-15-13-11-9-7-2/h19,21,52H,6-18,20,22-51H2,1-5H3/p+1/b21-19-. The molecule has 0 rings (SSSR count). The molecule has 0 fully saturated rings. The normalized spacial score (nSPS) is 13.6. The van der Waals surface area contributed by atoms with Gasteiger partial charge in [-0.25, -0.2) is 4.57 Å². The summed E-state index contributed by atoms with van der Waals surface area (Å²) >= 11 is 0. The number of carbonyl (C=O) groups excluding carboxylic acids is 1. The molecule has 2 unspecified atom stereocenters. The Hall–Kier alpha value is -0.760. The van der Waals surface area contributed by atoms with Gasteiger partial charge in [0.2, 0.25) is 0 Å². The van der Waals surface area contributed by atoms with Crippen molar-refractivity contribution in [2.24, 2.45) is 0 Å². The van der Waals surface area contributed by atoms with E-state index in [1.54, 1.807) is 0 Å². The number of carbonyl (C=O) groups is 1. The molecule has 1 N–H and O–H groups in total. The van der Waals surface area contributed by atoms with Gasteiger partial charge in [0.25, 0.3) is 0 Å². The zero-order valence-corrected chi connectivity index (χ0v) is 43.0. The number of hydrogen-bond donors (Lipinski definition) is 1. The summed E-state index contributed by atoms with van der Waals surface area (Å²) in [6, 6.07) is 0. The lowest BCUT2D eigenvalue weighted by atomic mass is 10.0. The van der Waals surface area contributed by atoms with E-state index < -0.39 is 13.9 Å². The van der Waals surface area contributed by atoms with Gasteiger partial charge in [-0.15, -0.1) is 0 Å². The van der Waals surface area contributed by atoms with Crippen LogP contribution >= 0.6 is 7.82 Å². The van der Waals surface area contributed by atoms with Gasteiger partial charge in [-0.3, -0.25) is 13.8 Å². The van der Waals surface area contributed by atoms with E-state index >= 15 is 0 Å². The van der Waals surface area contributed by atoms with Gasteiger partial charge in [0, 0.05) is 13.0 Å². The van der Waals surface area contributed by atoms with E-state index in [1.807, 2.05) is 21.1 Å². The maximum Gasteiger partial charge on any atom is 0.472 e. The fourth-order valence-electron chi connectivity index (χ4n) is 7.90. The molecular weight excluding hydrogens is 794 g/mol. The van der Waals surface area contributed by atoms with Crippen LogP contribution in [0.1, 0.15) is 264 Å². The SMILES string of the molecule is CCCCCCC/C=C\CCCCCCCC(=O)OC(COCCCCCCCCCCCCCCCCCCCCCCCCCCCC)COP(=O)(O)OCC[N+](C)(C)C. The van der Waals surface area contributed by atoms with Crippen LogP contribution in [0.4, 0.5) is 0 Å². The van der Waals surface area contributed by atoms with Crippen LogP contribution in [0, 0.1) is 0 Å². The van der Waals surface area contributed by atoms with Crippen LogP contribution in [0.5, 0.6) is 0 Å². The van der Waals surface area contributed by atoms with E-state index in [4.69, 9.17) is 18.5 Å². The van der Waals surface area contributed by atoms with Crippen LogP contribution in [-0.4, -0.2) is 75.6 Å². The maximum atomic E-state index is 12.7. The van der Waals surface area contributed by atoms with Gasteiger partial charge in [-0.1, -0.05) is 231 Å². The minimum absolute atomic E-state index is 0.0905. The van der Waals surface area contributed by atoms with Gasteiger partial charge < -0.3 is 18.9 Å². The van der Waals surface area contributed by atoms with Crippen LogP contribution < -0.4 is 0 Å². The van der Waals surface area contributed by atoms with E-state index in [0.29, 0.717) is 24.1 Å². The first-order valence-corrected chi connectivity index (χ1v) is 28.4.